The molecule has 1 saturated heterocycles. The minimum Gasteiger partial charge on any atom is -0.459 e. The number of hydrogen-bond donors (Lipinski definition) is 1. The zero-order valence-corrected chi connectivity index (χ0v) is 16.8. The molecule has 2 aliphatic rings. The molecule has 0 atom stereocenters. The van der Waals surface area contributed by atoms with Crippen molar-refractivity contribution in [3.8, 4) is 0 Å². The first-order valence-electron chi connectivity index (χ1n) is 10.00. The number of allylic oxidation sites excluding steroid dienone is 2. The summed E-state index contributed by atoms with van der Waals surface area (Å²) in [6, 6.07) is 9.72. The van der Waals surface area contributed by atoms with Gasteiger partial charge in [-0.2, -0.15) is 5.10 Å². The largest absolute Gasteiger partial charge is 0.459 e. The number of nitro groups is 1. The summed E-state index contributed by atoms with van der Waals surface area (Å²) in [6.07, 6.45) is 6.77. The van der Waals surface area contributed by atoms with Crippen molar-refractivity contribution in [2.45, 2.75) is 12.8 Å². The van der Waals surface area contributed by atoms with E-state index in [9.17, 15) is 14.9 Å². The highest BCUT2D eigenvalue weighted by Gasteiger charge is 2.25. The number of amides is 1. The monoisotopic (exact) mass is 422 g/mol. The van der Waals surface area contributed by atoms with E-state index in [0.717, 1.165) is 48.3 Å². The Morgan fingerprint density at radius 3 is 2.61 bits per heavy atom. The molecule has 2 heterocycles. The van der Waals surface area contributed by atoms with Gasteiger partial charge in [-0.25, -0.2) is 5.43 Å². The van der Waals surface area contributed by atoms with Crippen LogP contribution in [0.15, 0.2) is 69.0 Å². The molecule has 9 nitrogen and oxygen atoms in total. The lowest BCUT2D eigenvalue weighted by atomic mass is 10.1. The molecule has 0 radical (unpaired) electrons. The number of hydrazone groups is 1. The predicted molar refractivity (Wildman–Crippen MR) is 114 cm³/mol. The Balaban J connectivity index is 1.57. The van der Waals surface area contributed by atoms with Crippen LogP contribution in [0.4, 0.5) is 5.69 Å². The van der Waals surface area contributed by atoms with Crippen molar-refractivity contribution in [2.75, 3.05) is 26.3 Å². The number of nitrogens with one attached hydrogen (secondary N) is 1. The average Bonchev–Trinajstić information content (AvgIpc) is 3.45. The van der Waals surface area contributed by atoms with E-state index in [1.54, 1.807) is 30.5 Å². The van der Waals surface area contributed by atoms with Gasteiger partial charge in [-0.05, 0) is 59.9 Å². The maximum atomic E-state index is 12.0. The topological polar surface area (TPSA) is 110 Å². The molecule has 2 aromatic rings. The van der Waals surface area contributed by atoms with E-state index < -0.39 is 10.8 Å². The average molecular weight is 422 g/mol. The van der Waals surface area contributed by atoms with Crippen molar-refractivity contribution in [1.29, 1.82) is 0 Å². The molecule has 9 heteroatoms. The fourth-order valence-corrected chi connectivity index (χ4v) is 3.70. The number of nitrogens with zero attached hydrogens (tertiary/aromatic N) is 3. The van der Waals surface area contributed by atoms with Crippen molar-refractivity contribution in [3.63, 3.8) is 0 Å². The maximum Gasteiger partial charge on any atom is 0.307 e. The van der Waals surface area contributed by atoms with Gasteiger partial charge in [0, 0.05) is 30.9 Å². The van der Waals surface area contributed by atoms with Crippen LogP contribution in [0.5, 0.6) is 0 Å². The van der Waals surface area contributed by atoms with Crippen LogP contribution >= 0.6 is 0 Å². The van der Waals surface area contributed by atoms with Crippen LogP contribution in [-0.2, 0) is 4.74 Å². The number of carbonyl (C=O) groups is 1. The Bertz CT molecular complexity index is 1030. The highest BCUT2D eigenvalue weighted by atomic mass is 16.6. The molecule has 1 aliphatic heterocycles. The number of benzene rings is 1. The van der Waals surface area contributed by atoms with E-state index in [2.05, 4.69) is 21.5 Å². The molecule has 1 aliphatic carbocycles. The molecule has 0 unspecified atom stereocenters. The number of non-ortho nitro benzene ring substituents is 1. The van der Waals surface area contributed by atoms with Crippen molar-refractivity contribution in [3.05, 3.63) is 80.9 Å². The number of nitro benzene ring substituents is 1. The van der Waals surface area contributed by atoms with Crippen LogP contribution in [0.25, 0.3) is 6.08 Å². The first kappa shape index (κ1) is 20.5. The first-order valence-corrected chi connectivity index (χ1v) is 10.00. The van der Waals surface area contributed by atoms with Crippen LogP contribution in [0.3, 0.4) is 0 Å². The summed E-state index contributed by atoms with van der Waals surface area (Å²) in [5.74, 6) is -0.209. The van der Waals surface area contributed by atoms with Crippen LogP contribution in [0, 0.1) is 10.1 Å². The quantitative estimate of drug-likeness (QED) is 0.434. The maximum absolute atomic E-state index is 12.0. The Morgan fingerprint density at radius 2 is 1.94 bits per heavy atom. The highest BCUT2D eigenvalue weighted by molar-refractivity contribution is 5.92. The Kier molecular flexibility index (Phi) is 6.23. The summed E-state index contributed by atoms with van der Waals surface area (Å²) in [5.41, 5.74) is 6.70. The number of furan rings is 1. The fraction of sp³-hybridized carbons (Fsp3) is 0.273. The van der Waals surface area contributed by atoms with E-state index in [4.69, 9.17) is 9.15 Å². The third-order valence-corrected chi connectivity index (χ3v) is 5.18. The molecule has 0 bridgehead atoms. The summed E-state index contributed by atoms with van der Waals surface area (Å²) >= 11 is 0. The van der Waals surface area contributed by atoms with Crippen LogP contribution < -0.4 is 5.43 Å². The van der Waals surface area contributed by atoms with Gasteiger partial charge in [-0.1, -0.05) is 0 Å². The van der Waals surface area contributed by atoms with Crippen molar-refractivity contribution >= 4 is 23.9 Å². The number of rotatable bonds is 6. The molecule has 31 heavy (non-hydrogen) atoms. The lowest BCUT2D eigenvalue weighted by molar-refractivity contribution is -0.384. The lowest BCUT2D eigenvalue weighted by Gasteiger charge is -2.31. The van der Waals surface area contributed by atoms with Gasteiger partial charge in [0.2, 0.25) is 0 Å². The minimum atomic E-state index is -0.408. The molecule has 1 aromatic carbocycles. The van der Waals surface area contributed by atoms with E-state index >= 15 is 0 Å². The Labute approximate surface area is 178 Å². The van der Waals surface area contributed by atoms with E-state index in [1.165, 1.54) is 18.4 Å². The Hall–Kier alpha value is -3.72. The fourth-order valence-electron chi connectivity index (χ4n) is 3.70. The molecule has 0 saturated carbocycles. The third-order valence-electron chi connectivity index (χ3n) is 5.18. The zero-order chi connectivity index (χ0) is 21.6. The molecule has 1 N–H and O–H groups in total. The molecule has 1 aromatic heterocycles. The molecule has 0 spiro atoms. The van der Waals surface area contributed by atoms with E-state index in [0.29, 0.717) is 13.2 Å². The highest BCUT2D eigenvalue weighted by Crippen LogP contribution is 2.35. The van der Waals surface area contributed by atoms with Crippen molar-refractivity contribution in [2.24, 2.45) is 5.10 Å². The molecular formula is C22H22N4O5. The number of morpholine rings is 1. The second-order valence-electron chi connectivity index (χ2n) is 7.17. The molecular weight excluding hydrogens is 400 g/mol. The first-order chi connectivity index (χ1) is 15.1. The van der Waals surface area contributed by atoms with Gasteiger partial charge in [0.05, 0.1) is 30.6 Å². The van der Waals surface area contributed by atoms with Crippen LogP contribution in [-0.4, -0.2) is 48.2 Å². The molecule has 4 rings (SSSR count). The summed E-state index contributed by atoms with van der Waals surface area (Å²) in [7, 11) is 0. The van der Waals surface area contributed by atoms with Gasteiger partial charge in [0.1, 0.15) is 0 Å². The lowest BCUT2D eigenvalue weighted by Crippen LogP contribution is -2.36. The molecule has 1 fully saturated rings. The van der Waals surface area contributed by atoms with Gasteiger partial charge in [-0.3, -0.25) is 14.9 Å². The standard InChI is InChI=1S/C22H22N4O5/c27-22(20-2-1-11-31-20)24-23-15-18-6-5-17(21(18)25-9-12-30-13-10-25)14-16-3-7-19(8-4-16)26(28)29/h1-4,7-8,11,14-15H,5-6,9-10,12-13H2,(H,24,27). The number of ether oxygens (including phenoxy) is 1. The predicted octanol–water partition coefficient (Wildman–Crippen LogP) is 3.37. The van der Waals surface area contributed by atoms with Crippen LogP contribution in [0.2, 0.25) is 0 Å². The third kappa shape index (κ3) is 4.89. The molecule has 1 amide bonds. The normalized spacial score (nSPS) is 18.2. The second kappa shape index (κ2) is 9.40. The second-order valence-corrected chi connectivity index (χ2v) is 7.17. The SMILES string of the molecule is O=C(NN=CC1=C(N2CCOCC2)C(=Cc2ccc([N+](=O)[O-])cc2)CC1)c1ccco1. The number of carbonyl (C=O) groups excluding carboxylic acids is 1. The van der Waals surface area contributed by atoms with Gasteiger partial charge in [0.25, 0.3) is 5.69 Å². The van der Waals surface area contributed by atoms with Gasteiger partial charge in [-0.15, -0.1) is 0 Å². The van der Waals surface area contributed by atoms with Crippen LogP contribution in [0.1, 0.15) is 29.0 Å². The molecule has 160 valence electrons. The smallest absolute Gasteiger partial charge is 0.307 e. The van der Waals surface area contributed by atoms with Gasteiger partial charge in [0.15, 0.2) is 5.76 Å². The van der Waals surface area contributed by atoms with Crippen molar-refractivity contribution < 1.29 is 18.9 Å². The zero-order valence-electron chi connectivity index (χ0n) is 16.8. The van der Waals surface area contributed by atoms with E-state index in [-0.39, 0.29) is 11.4 Å². The number of hydrogen-bond acceptors (Lipinski definition) is 7. The van der Waals surface area contributed by atoms with Gasteiger partial charge < -0.3 is 14.1 Å². The summed E-state index contributed by atoms with van der Waals surface area (Å²) in [6.45, 7) is 2.83. The van der Waals surface area contributed by atoms with E-state index in [1.807, 2.05) is 0 Å². The Morgan fingerprint density at radius 1 is 1.16 bits per heavy atom. The summed E-state index contributed by atoms with van der Waals surface area (Å²) in [5, 5.41) is 15.0. The minimum absolute atomic E-state index is 0.0673. The van der Waals surface area contributed by atoms with Gasteiger partial charge >= 0.3 is 5.91 Å². The summed E-state index contributed by atoms with van der Waals surface area (Å²) < 4.78 is 10.6. The summed E-state index contributed by atoms with van der Waals surface area (Å²) in [4.78, 5) is 24.8. The van der Waals surface area contributed by atoms with Crippen molar-refractivity contribution in [1.82, 2.24) is 10.3 Å².